The predicted octanol–water partition coefficient (Wildman–Crippen LogP) is 4.56. The van der Waals surface area contributed by atoms with Crippen molar-refractivity contribution in [1.82, 2.24) is 9.80 Å². The average molecular weight is 582 g/mol. The second-order valence-corrected chi connectivity index (χ2v) is 12.3. The summed E-state index contributed by atoms with van der Waals surface area (Å²) in [5.74, 6) is -0.564. The lowest BCUT2D eigenvalue weighted by Crippen LogP contribution is -2.48. The Hall–Kier alpha value is -3.17. The van der Waals surface area contributed by atoms with E-state index >= 15 is 0 Å². The molecule has 1 N–H and O–H groups in total. The Morgan fingerprint density at radius 3 is 2.50 bits per heavy atom. The minimum Gasteiger partial charge on any atom is -0.457 e. The standard InChI is InChI=1S/C33H47N3O6/c1-22-8-11-26(20-28(22)36-14-6-7-30(36)38)19-25(4)32-24(3)10-13-29(23(2)9-12-27(37)21-31(39)42-32)41-33(40)35-17-15-34(5)16-18-35/h8,10-11,13,19-20,23-24,27,29,32,37H,6-7,9,12,14-18,21H2,1-5H3/b13-10+,25-19+/t23-,24-,27+,29+,32-/m0/s1. The fourth-order valence-corrected chi connectivity index (χ4v) is 5.88. The summed E-state index contributed by atoms with van der Waals surface area (Å²) >= 11 is 0. The number of ether oxygens (including phenoxy) is 2. The van der Waals surface area contributed by atoms with Gasteiger partial charge in [-0.15, -0.1) is 0 Å². The fraction of sp³-hybridized carbons (Fsp3) is 0.606. The summed E-state index contributed by atoms with van der Waals surface area (Å²) in [5.41, 5.74) is 3.70. The maximum atomic E-state index is 13.0. The molecule has 0 unspecified atom stereocenters. The number of nitrogens with zero attached hydrogens (tertiary/aromatic N) is 3. The van der Waals surface area contributed by atoms with Gasteiger partial charge in [-0.1, -0.05) is 38.1 Å². The van der Waals surface area contributed by atoms with Gasteiger partial charge in [0.1, 0.15) is 12.2 Å². The number of aliphatic hydroxyl groups excluding tert-OH is 1. The normalized spacial score (nSPS) is 29.5. The van der Waals surface area contributed by atoms with E-state index in [1.54, 1.807) is 4.90 Å². The Morgan fingerprint density at radius 2 is 1.81 bits per heavy atom. The van der Waals surface area contributed by atoms with E-state index in [1.807, 2.05) is 76.1 Å². The first-order valence-electron chi connectivity index (χ1n) is 15.3. The van der Waals surface area contributed by atoms with Crippen LogP contribution in [0.15, 0.2) is 35.9 Å². The van der Waals surface area contributed by atoms with Crippen LogP contribution >= 0.6 is 0 Å². The van der Waals surface area contributed by atoms with Crippen LogP contribution < -0.4 is 4.90 Å². The molecule has 3 aliphatic rings. The largest absolute Gasteiger partial charge is 0.457 e. The monoisotopic (exact) mass is 581 g/mol. The number of hydrogen-bond donors (Lipinski definition) is 1. The fourth-order valence-electron chi connectivity index (χ4n) is 5.88. The molecule has 2 saturated heterocycles. The zero-order valence-corrected chi connectivity index (χ0v) is 25.8. The summed E-state index contributed by atoms with van der Waals surface area (Å²) in [6.45, 7) is 11.5. The highest BCUT2D eigenvalue weighted by Crippen LogP contribution is 2.29. The third-order valence-corrected chi connectivity index (χ3v) is 8.70. The van der Waals surface area contributed by atoms with E-state index in [4.69, 9.17) is 9.47 Å². The number of rotatable bonds is 4. The molecule has 3 heterocycles. The van der Waals surface area contributed by atoms with E-state index in [1.165, 1.54) is 0 Å². The number of benzene rings is 1. The highest BCUT2D eigenvalue weighted by atomic mass is 16.6. The van der Waals surface area contributed by atoms with Gasteiger partial charge in [-0.25, -0.2) is 4.79 Å². The van der Waals surface area contributed by atoms with Gasteiger partial charge in [0.15, 0.2) is 0 Å². The molecule has 9 nitrogen and oxygen atoms in total. The van der Waals surface area contributed by atoms with Crippen molar-refractivity contribution in [2.45, 2.75) is 78.1 Å². The first-order valence-corrected chi connectivity index (χ1v) is 15.3. The first kappa shape index (κ1) is 31.8. The molecule has 1 aromatic rings. The number of hydrogen-bond acceptors (Lipinski definition) is 7. The molecule has 2 amide bonds. The second-order valence-electron chi connectivity index (χ2n) is 12.3. The van der Waals surface area contributed by atoms with Gasteiger partial charge in [0.05, 0.1) is 12.5 Å². The number of anilines is 1. The van der Waals surface area contributed by atoms with Gasteiger partial charge in [0.25, 0.3) is 0 Å². The molecule has 0 aromatic heterocycles. The number of piperazine rings is 1. The van der Waals surface area contributed by atoms with E-state index < -0.39 is 24.3 Å². The zero-order valence-electron chi connectivity index (χ0n) is 25.8. The molecular weight excluding hydrogens is 534 g/mol. The maximum absolute atomic E-state index is 13.0. The Balaban J connectivity index is 1.57. The van der Waals surface area contributed by atoms with Gasteiger partial charge in [-0.3, -0.25) is 9.59 Å². The number of carbonyl (C=O) groups excluding carboxylic acids is 3. The molecule has 42 heavy (non-hydrogen) atoms. The molecule has 0 radical (unpaired) electrons. The van der Waals surface area contributed by atoms with Crippen molar-refractivity contribution in [3.05, 3.63) is 47.1 Å². The minimum absolute atomic E-state index is 0.0377. The summed E-state index contributed by atoms with van der Waals surface area (Å²) < 4.78 is 12.0. The molecule has 2 fully saturated rings. The van der Waals surface area contributed by atoms with Gasteiger partial charge in [-0.2, -0.15) is 0 Å². The van der Waals surface area contributed by atoms with Crippen LogP contribution in [-0.4, -0.2) is 91.0 Å². The summed E-state index contributed by atoms with van der Waals surface area (Å²) in [7, 11) is 2.04. The highest BCUT2D eigenvalue weighted by molar-refractivity contribution is 5.96. The van der Waals surface area contributed by atoms with Crippen LogP contribution in [0.2, 0.25) is 0 Å². The van der Waals surface area contributed by atoms with Gasteiger partial charge in [0.2, 0.25) is 5.91 Å². The van der Waals surface area contributed by atoms with Crippen LogP contribution in [0.25, 0.3) is 6.08 Å². The number of likely N-dealkylation sites (N-methyl/N-ethyl adjacent to an activating group) is 1. The number of amides is 2. The Bertz CT molecular complexity index is 1190. The Kier molecular flexibility index (Phi) is 10.8. The minimum atomic E-state index is -0.838. The molecule has 4 rings (SSSR count). The molecule has 230 valence electrons. The third-order valence-electron chi connectivity index (χ3n) is 8.70. The van der Waals surface area contributed by atoms with E-state index in [0.717, 1.165) is 48.4 Å². The van der Waals surface area contributed by atoms with Crippen LogP contribution in [-0.2, 0) is 19.1 Å². The predicted molar refractivity (Wildman–Crippen MR) is 163 cm³/mol. The first-order chi connectivity index (χ1) is 20.0. The van der Waals surface area contributed by atoms with E-state index in [9.17, 15) is 19.5 Å². The van der Waals surface area contributed by atoms with Crippen molar-refractivity contribution >= 4 is 29.7 Å². The molecule has 3 aliphatic heterocycles. The van der Waals surface area contributed by atoms with Crippen LogP contribution in [0.3, 0.4) is 0 Å². The van der Waals surface area contributed by atoms with E-state index in [2.05, 4.69) is 4.90 Å². The number of carbonyl (C=O) groups is 3. The van der Waals surface area contributed by atoms with Crippen LogP contribution in [0, 0.1) is 18.8 Å². The number of aliphatic hydroxyl groups is 1. The summed E-state index contributed by atoms with van der Waals surface area (Å²) in [6.07, 6.45) is 5.99. The average Bonchev–Trinajstić information content (AvgIpc) is 3.38. The summed E-state index contributed by atoms with van der Waals surface area (Å²) in [5, 5.41) is 10.6. The van der Waals surface area contributed by atoms with Gasteiger partial charge in [-0.05, 0) is 74.9 Å². The van der Waals surface area contributed by atoms with Crippen molar-refractivity contribution in [1.29, 1.82) is 0 Å². The van der Waals surface area contributed by atoms with Crippen molar-refractivity contribution in [3.8, 4) is 0 Å². The molecule has 5 atom stereocenters. The number of esters is 1. The van der Waals surface area contributed by atoms with Gasteiger partial charge < -0.3 is 29.3 Å². The topological polar surface area (TPSA) is 99.6 Å². The smallest absolute Gasteiger partial charge is 0.410 e. The number of cyclic esters (lactones) is 1. The van der Waals surface area contributed by atoms with Crippen molar-refractivity contribution in [2.24, 2.45) is 11.8 Å². The number of aryl methyl sites for hydroxylation is 1. The second kappa shape index (κ2) is 14.3. The zero-order chi connectivity index (χ0) is 30.4. The summed E-state index contributed by atoms with van der Waals surface area (Å²) in [6, 6.07) is 6.02. The molecule has 0 bridgehead atoms. The Labute approximate surface area is 250 Å². The van der Waals surface area contributed by atoms with Crippen molar-refractivity contribution in [3.63, 3.8) is 0 Å². The van der Waals surface area contributed by atoms with E-state index in [-0.39, 0.29) is 30.3 Å². The third kappa shape index (κ3) is 8.22. The summed E-state index contributed by atoms with van der Waals surface area (Å²) in [4.78, 5) is 44.1. The molecule has 0 spiro atoms. The van der Waals surface area contributed by atoms with Gasteiger partial charge in [0, 0.05) is 50.7 Å². The van der Waals surface area contributed by atoms with Gasteiger partial charge >= 0.3 is 12.1 Å². The maximum Gasteiger partial charge on any atom is 0.410 e. The molecule has 1 aromatic carbocycles. The van der Waals surface area contributed by atoms with E-state index in [0.29, 0.717) is 32.4 Å². The SMILES string of the molecule is C/C(=C\c1ccc(C)c(N2CCCC2=O)c1)[C@H]1OC(=O)C[C@H](O)CC[C@H](C)[C@H](OC(=O)N2CCN(C)CC2)/C=C/[C@@H]1C. The lowest BCUT2D eigenvalue weighted by atomic mass is 9.91. The van der Waals surface area contributed by atoms with Crippen molar-refractivity contribution in [2.75, 3.05) is 44.7 Å². The molecular formula is C33H47N3O6. The van der Waals surface area contributed by atoms with Crippen molar-refractivity contribution < 1.29 is 29.0 Å². The lowest BCUT2D eigenvalue weighted by molar-refractivity contribution is -0.151. The molecule has 0 aliphatic carbocycles. The Morgan fingerprint density at radius 1 is 1.07 bits per heavy atom. The molecule has 9 heteroatoms. The quantitative estimate of drug-likeness (QED) is 0.411. The van der Waals surface area contributed by atoms with Crippen LogP contribution in [0.1, 0.15) is 64.0 Å². The lowest BCUT2D eigenvalue weighted by Gasteiger charge is -2.33. The van der Waals surface area contributed by atoms with Crippen LogP contribution in [0.5, 0.6) is 0 Å². The van der Waals surface area contributed by atoms with Crippen LogP contribution in [0.4, 0.5) is 10.5 Å². The highest BCUT2D eigenvalue weighted by Gasteiger charge is 2.29. The molecule has 0 saturated carbocycles.